The van der Waals surface area contributed by atoms with E-state index < -0.39 is 5.91 Å². The van der Waals surface area contributed by atoms with Gasteiger partial charge in [0.25, 0.3) is 11.8 Å². The fourth-order valence-corrected chi connectivity index (χ4v) is 2.62. The Labute approximate surface area is 168 Å². The third-order valence-corrected chi connectivity index (χ3v) is 4.26. The second kappa shape index (κ2) is 9.06. The van der Waals surface area contributed by atoms with Gasteiger partial charge >= 0.3 is 0 Å². The van der Waals surface area contributed by atoms with E-state index in [-0.39, 0.29) is 5.91 Å². The van der Waals surface area contributed by atoms with E-state index in [4.69, 9.17) is 16.3 Å². The van der Waals surface area contributed by atoms with Gasteiger partial charge in [-0.3, -0.25) is 20.4 Å². The van der Waals surface area contributed by atoms with Crippen molar-refractivity contribution in [2.24, 2.45) is 0 Å². The average molecular weight is 395 g/mol. The number of aryl methyl sites for hydroxylation is 1. The van der Waals surface area contributed by atoms with Crippen molar-refractivity contribution in [3.05, 3.63) is 100 Å². The Morgan fingerprint density at radius 3 is 2.14 bits per heavy atom. The standard InChI is InChI=1S/C22H19ClN2O3/c1-15-3-2-4-18(13-15)22(27)25-24-21(26)17-7-5-16(6-8-17)14-28-20-11-9-19(23)10-12-20/h2-13H,14H2,1H3,(H,24,26)(H,25,27). The molecular weight excluding hydrogens is 376 g/mol. The molecule has 0 heterocycles. The first kappa shape index (κ1) is 19.5. The van der Waals surface area contributed by atoms with Crippen LogP contribution < -0.4 is 15.6 Å². The number of ether oxygens (including phenoxy) is 1. The molecule has 0 unspecified atom stereocenters. The van der Waals surface area contributed by atoms with Gasteiger partial charge in [-0.1, -0.05) is 41.4 Å². The molecule has 142 valence electrons. The van der Waals surface area contributed by atoms with Gasteiger partial charge in [-0.05, 0) is 61.0 Å². The average Bonchev–Trinajstić information content (AvgIpc) is 2.71. The van der Waals surface area contributed by atoms with Crippen molar-refractivity contribution in [3.63, 3.8) is 0 Å². The monoisotopic (exact) mass is 394 g/mol. The number of hydrogen-bond acceptors (Lipinski definition) is 3. The highest BCUT2D eigenvalue weighted by Gasteiger charge is 2.09. The highest BCUT2D eigenvalue weighted by Crippen LogP contribution is 2.17. The minimum atomic E-state index is -0.397. The first-order valence-corrected chi connectivity index (χ1v) is 9.04. The number of carbonyl (C=O) groups excluding carboxylic acids is 2. The maximum Gasteiger partial charge on any atom is 0.269 e. The van der Waals surface area contributed by atoms with E-state index >= 15 is 0 Å². The molecule has 3 aromatic rings. The molecule has 2 N–H and O–H groups in total. The number of carbonyl (C=O) groups is 2. The molecule has 0 fully saturated rings. The molecule has 0 bridgehead atoms. The number of amides is 2. The van der Waals surface area contributed by atoms with Gasteiger partial charge in [0, 0.05) is 16.1 Å². The summed E-state index contributed by atoms with van der Waals surface area (Å²) in [6.07, 6.45) is 0. The summed E-state index contributed by atoms with van der Waals surface area (Å²) in [5.41, 5.74) is 7.63. The number of hydrogen-bond donors (Lipinski definition) is 2. The van der Waals surface area contributed by atoms with Crippen LogP contribution in [0.1, 0.15) is 31.8 Å². The van der Waals surface area contributed by atoms with Crippen molar-refractivity contribution in [2.75, 3.05) is 0 Å². The molecule has 0 aliphatic heterocycles. The molecule has 0 atom stereocenters. The van der Waals surface area contributed by atoms with Gasteiger partial charge in [-0.25, -0.2) is 0 Å². The Balaban J connectivity index is 1.51. The lowest BCUT2D eigenvalue weighted by Crippen LogP contribution is -2.41. The maximum atomic E-state index is 12.2. The molecule has 0 spiro atoms. The Hall–Kier alpha value is -3.31. The number of benzene rings is 3. The number of rotatable bonds is 5. The Bertz CT molecular complexity index is 970. The van der Waals surface area contributed by atoms with E-state index in [0.717, 1.165) is 11.1 Å². The van der Waals surface area contributed by atoms with Crippen LogP contribution in [-0.2, 0) is 6.61 Å². The third-order valence-electron chi connectivity index (χ3n) is 4.01. The van der Waals surface area contributed by atoms with E-state index in [9.17, 15) is 9.59 Å². The summed E-state index contributed by atoms with van der Waals surface area (Å²) in [4.78, 5) is 24.3. The Morgan fingerprint density at radius 2 is 1.50 bits per heavy atom. The molecule has 5 nitrogen and oxygen atoms in total. The quantitative estimate of drug-likeness (QED) is 0.634. The van der Waals surface area contributed by atoms with Crippen LogP contribution >= 0.6 is 11.6 Å². The number of halogens is 1. The summed E-state index contributed by atoms with van der Waals surface area (Å²) < 4.78 is 5.67. The lowest BCUT2D eigenvalue weighted by Gasteiger charge is -2.09. The van der Waals surface area contributed by atoms with E-state index in [1.165, 1.54) is 0 Å². The molecule has 6 heteroatoms. The van der Waals surface area contributed by atoms with Crippen molar-refractivity contribution in [1.29, 1.82) is 0 Å². The zero-order valence-electron chi connectivity index (χ0n) is 15.2. The van der Waals surface area contributed by atoms with Gasteiger partial charge in [0.05, 0.1) is 0 Å². The second-order valence-electron chi connectivity index (χ2n) is 6.22. The molecular formula is C22H19ClN2O3. The maximum absolute atomic E-state index is 12.2. The van der Waals surface area contributed by atoms with Gasteiger partial charge in [0.1, 0.15) is 12.4 Å². The van der Waals surface area contributed by atoms with Crippen molar-refractivity contribution in [3.8, 4) is 5.75 Å². The molecule has 3 rings (SSSR count). The van der Waals surface area contributed by atoms with Crippen LogP contribution in [-0.4, -0.2) is 11.8 Å². The molecule has 0 radical (unpaired) electrons. The summed E-state index contributed by atoms with van der Waals surface area (Å²) in [5, 5.41) is 0.650. The van der Waals surface area contributed by atoms with Crippen LogP contribution in [0.5, 0.6) is 5.75 Å². The van der Waals surface area contributed by atoms with E-state index in [2.05, 4.69) is 10.9 Å². The van der Waals surface area contributed by atoms with Crippen LogP contribution in [0, 0.1) is 6.92 Å². The summed E-state index contributed by atoms with van der Waals surface area (Å²) in [6, 6.07) is 21.2. The van der Waals surface area contributed by atoms with Crippen molar-refractivity contribution in [2.45, 2.75) is 13.5 Å². The number of nitrogens with one attached hydrogen (secondary N) is 2. The van der Waals surface area contributed by atoms with Gasteiger partial charge in [-0.15, -0.1) is 0 Å². The zero-order valence-corrected chi connectivity index (χ0v) is 16.0. The minimum Gasteiger partial charge on any atom is -0.489 e. The normalized spacial score (nSPS) is 10.2. The van der Waals surface area contributed by atoms with Crippen LogP contribution in [0.15, 0.2) is 72.8 Å². The van der Waals surface area contributed by atoms with Gasteiger partial charge < -0.3 is 4.74 Å². The summed E-state index contributed by atoms with van der Waals surface area (Å²) in [7, 11) is 0. The second-order valence-corrected chi connectivity index (χ2v) is 6.65. The fourth-order valence-electron chi connectivity index (χ4n) is 2.49. The molecule has 0 aliphatic carbocycles. The van der Waals surface area contributed by atoms with Gasteiger partial charge in [-0.2, -0.15) is 0 Å². The number of hydrazine groups is 1. The molecule has 0 aromatic heterocycles. The zero-order chi connectivity index (χ0) is 19.9. The molecule has 3 aromatic carbocycles. The van der Waals surface area contributed by atoms with Crippen LogP contribution in [0.2, 0.25) is 5.02 Å². The predicted molar refractivity (Wildman–Crippen MR) is 108 cm³/mol. The highest BCUT2D eigenvalue weighted by molar-refractivity contribution is 6.30. The van der Waals surface area contributed by atoms with Crippen LogP contribution in [0.4, 0.5) is 0 Å². The van der Waals surface area contributed by atoms with Crippen molar-refractivity contribution < 1.29 is 14.3 Å². The minimum absolute atomic E-state index is 0.369. The lowest BCUT2D eigenvalue weighted by atomic mass is 10.1. The van der Waals surface area contributed by atoms with Crippen LogP contribution in [0.3, 0.4) is 0 Å². The SMILES string of the molecule is Cc1cccc(C(=O)NNC(=O)c2ccc(COc3ccc(Cl)cc3)cc2)c1. The molecule has 0 aliphatic rings. The van der Waals surface area contributed by atoms with E-state index in [0.29, 0.717) is 28.5 Å². The summed E-state index contributed by atoms with van der Waals surface area (Å²) in [6.45, 7) is 2.27. The molecule has 2 amide bonds. The largest absolute Gasteiger partial charge is 0.489 e. The fraction of sp³-hybridized carbons (Fsp3) is 0.0909. The molecule has 0 saturated heterocycles. The molecule has 28 heavy (non-hydrogen) atoms. The van der Waals surface area contributed by atoms with Crippen LogP contribution in [0.25, 0.3) is 0 Å². The van der Waals surface area contributed by atoms with Crippen molar-refractivity contribution >= 4 is 23.4 Å². The van der Waals surface area contributed by atoms with E-state index in [1.54, 1.807) is 66.7 Å². The summed E-state index contributed by atoms with van der Waals surface area (Å²) >= 11 is 5.84. The molecule has 0 saturated carbocycles. The third kappa shape index (κ3) is 5.34. The van der Waals surface area contributed by atoms with Gasteiger partial charge in [0.15, 0.2) is 0 Å². The van der Waals surface area contributed by atoms with Crippen molar-refractivity contribution in [1.82, 2.24) is 10.9 Å². The van der Waals surface area contributed by atoms with E-state index in [1.807, 2.05) is 13.0 Å². The smallest absolute Gasteiger partial charge is 0.269 e. The lowest BCUT2D eigenvalue weighted by molar-refractivity contribution is 0.0846. The highest BCUT2D eigenvalue weighted by atomic mass is 35.5. The first-order chi connectivity index (χ1) is 13.5. The van der Waals surface area contributed by atoms with Gasteiger partial charge in [0.2, 0.25) is 0 Å². The summed E-state index contributed by atoms with van der Waals surface area (Å²) in [5.74, 6) is -0.0544. The Kier molecular flexibility index (Phi) is 6.29. The first-order valence-electron chi connectivity index (χ1n) is 8.66. The predicted octanol–water partition coefficient (Wildman–Crippen LogP) is 4.30. The Morgan fingerprint density at radius 1 is 0.857 bits per heavy atom. The topological polar surface area (TPSA) is 67.4 Å².